The number of benzene rings is 3. The first-order valence-corrected chi connectivity index (χ1v) is 7.19. The molecule has 0 spiro atoms. The van der Waals surface area contributed by atoms with E-state index in [1.807, 2.05) is 18.2 Å². The highest BCUT2D eigenvalue weighted by Gasteiger charge is 2.02. The summed E-state index contributed by atoms with van der Waals surface area (Å²) in [6.45, 7) is 0.724. The molecular formula is C18H16ClNO. The molecule has 0 amide bonds. The lowest BCUT2D eigenvalue weighted by Crippen LogP contribution is -1.99. The van der Waals surface area contributed by atoms with E-state index < -0.39 is 0 Å². The third-order valence-corrected chi connectivity index (χ3v) is 3.76. The summed E-state index contributed by atoms with van der Waals surface area (Å²) in [7, 11) is 1.62. The van der Waals surface area contributed by atoms with Crippen molar-refractivity contribution < 1.29 is 4.74 Å². The van der Waals surface area contributed by atoms with Crippen molar-refractivity contribution in [2.24, 2.45) is 0 Å². The third kappa shape index (κ3) is 3.11. The van der Waals surface area contributed by atoms with E-state index in [4.69, 9.17) is 16.3 Å². The maximum atomic E-state index is 6.14. The normalized spacial score (nSPS) is 10.6. The van der Waals surface area contributed by atoms with Gasteiger partial charge in [-0.3, -0.25) is 0 Å². The molecule has 0 heterocycles. The van der Waals surface area contributed by atoms with Gasteiger partial charge in [-0.1, -0.05) is 48.0 Å². The number of ether oxygens (including phenoxy) is 1. The van der Waals surface area contributed by atoms with Gasteiger partial charge in [-0.15, -0.1) is 0 Å². The molecule has 3 aromatic carbocycles. The van der Waals surface area contributed by atoms with Crippen LogP contribution in [0.25, 0.3) is 10.8 Å². The Labute approximate surface area is 129 Å². The first kappa shape index (κ1) is 13.8. The van der Waals surface area contributed by atoms with Crippen LogP contribution < -0.4 is 10.1 Å². The second kappa shape index (κ2) is 6.06. The molecule has 3 heteroatoms. The van der Waals surface area contributed by atoms with Gasteiger partial charge in [0.05, 0.1) is 12.1 Å². The molecule has 0 unspecified atom stereocenters. The smallest absolute Gasteiger partial charge is 0.137 e. The zero-order chi connectivity index (χ0) is 14.7. The zero-order valence-electron chi connectivity index (χ0n) is 11.8. The summed E-state index contributed by atoms with van der Waals surface area (Å²) in [5.74, 6) is 0.700. The van der Waals surface area contributed by atoms with Crippen LogP contribution in [-0.4, -0.2) is 7.11 Å². The van der Waals surface area contributed by atoms with Crippen molar-refractivity contribution in [1.82, 2.24) is 0 Å². The van der Waals surface area contributed by atoms with Crippen LogP contribution in [-0.2, 0) is 6.54 Å². The van der Waals surface area contributed by atoms with E-state index >= 15 is 0 Å². The summed E-state index contributed by atoms with van der Waals surface area (Å²) in [6, 6.07) is 20.5. The molecule has 0 fully saturated rings. The molecule has 0 radical (unpaired) electrons. The van der Waals surface area contributed by atoms with E-state index in [0.29, 0.717) is 10.8 Å². The van der Waals surface area contributed by atoms with Gasteiger partial charge in [0.15, 0.2) is 0 Å². The van der Waals surface area contributed by atoms with Crippen LogP contribution in [0.2, 0.25) is 5.02 Å². The molecule has 3 aromatic rings. The van der Waals surface area contributed by atoms with Crippen LogP contribution in [0, 0.1) is 0 Å². The van der Waals surface area contributed by atoms with Gasteiger partial charge in [0.25, 0.3) is 0 Å². The Balaban J connectivity index is 1.75. The quantitative estimate of drug-likeness (QED) is 0.722. The van der Waals surface area contributed by atoms with Gasteiger partial charge in [0, 0.05) is 12.2 Å². The number of halogens is 1. The fourth-order valence-corrected chi connectivity index (χ4v) is 2.60. The molecule has 0 aromatic heterocycles. The van der Waals surface area contributed by atoms with Crippen molar-refractivity contribution >= 4 is 28.1 Å². The number of fused-ring (bicyclic) bond motifs is 1. The molecule has 1 N–H and O–H groups in total. The first-order valence-electron chi connectivity index (χ1n) is 6.81. The molecule has 3 rings (SSSR count). The van der Waals surface area contributed by atoms with Crippen LogP contribution in [0.3, 0.4) is 0 Å². The summed E-state index contributed by atoms with van der Waals surface area (Å²) in [5, 5.41) is 6.53. The standard InChI is InChI=1S/C18H16ClNO/c1-21-18-9-6-13(10-17(18)19)12-20-16-8-7-14-4-2-3-5-15(14)11-16/h2-11,20H,12H2,1H3. The van der Waals surface area contributed by atoms with Crippen LogP contribution >= 0.6 is 11.6 Å². The van der Waals surface area contributed by atoms with Gasteiger partial charge in [-0.05, 0) is 40.6 Å². The van der Waals surface area contributed by atoms with E-state index in [-0.39, 0.29) is 0 Å². The number of hydrogen-bond acceptors (Lipinski definition) is 2. The lowest BCUT2D eigenvalue weighted by atomic mass is 10.1. The second-order valence-corrected chi connectivity index (χ2v) is 5.29. The number of anilines is 1. The largest absolute Gasteiger partial charge is 0.495 e. The second-order valence-electron chi connectivity index (χ2n) is 4.88. The maximum Gasteiger partial charge on any atom is 0.137 e. The molecule has 0 saturated heterocycles. The van der Waals surface area contributed by atoms with E-state index in [9.17, 15) is 0 Å². The van der Waals surface area contributed by atoms with E-state index in [0.717, 1.165) is 17.8 Å². The van der Waals surface area contributed by atoms with Crippen molar-refractivity contribution in [3.8, 4) is 5.75 Å². The molecule has 2 nitrogen and oxygen atoms in total. The van der Waals surface area contributed by atoms with Crippen LogP contribution in [0.15, 0.2) is 60.7 Å². The summed E-state index contributed by atoms with van der Waals surface area (Å²) < 4.78 is 5.16. The van der Waals surface area contributed by atoms with Gasteiger partial charge in [-0.25, -0.2) is 0 Å². The summed E-state index contributed by atoms with van der Waals surface area (Å²) >= 11 is 6.14. The average Bonchev–Trinajstić information content (AvgIpc) is 2.53. The average molecular weight is 298 g/mol. The Morgan fingerprint density at radius 2 is 1.76 bits per heavy atom. The number of rotatable bonds is 4. The summed E-state index contributed by atoms with van der Waals surface area (Å²) in [5.41, 5.74) is 2.22. The van der Waals surface area contributed by atoms with Gasteiger partial charge < -0.3 is 10.1 Å². The highest BCUT2D eigenvalue weighted by molar-refractivity contribution is 6.32. The fraction of sp³-hybridized carbons (Fsp3) is 0.111. The van der Waals surface area contributed by atoms with Gasteiger partial charge in [0.2, 0.25) is 0 Å². The Hall–Kier alpha value is -2.19. The monoisotopic (exact) mass is 297 g/mol. The highest BCUT2D eigenvalue weighted by Crippen LogP contribution is 2.25. The number of hydrogen-bond donors (Lipinski definition) is 1. The molecule has 0 bridgehead atoms. The van der Waals surface area contributed by atoms with Crippen LogP contribution in [0.4, 0.5) is 5.69 Å². The molecule has 21 heavy (non-hydrogen) atoms. The molecule has 106 valence electrons. The van der Waals surface area contributed by atoms with Crippen LogP contribution in [0.1, 0.15) is 5.56 Å². The minimum absolute atomic E-state index is 0.635. The fourth-order valence-electron chi connectivity index (χ4n) is 2.32. The Kier molecular flexibility index (Phi) is 3.98. The van der Waals surface area contributed by atoms with E-state index in [1.54, 1.807) is 7.11 Å². The van der Waals surface area contributed by atoms with Crippen molar-refractivity contribution in [1.29, 1.82) is 0 Å². The van der Waals surface area contributed by atoms with E-state index in [2.05, 4.69) is 47.8 Å². The minimum atomic E-state index is 0.635. The van der Waals surface area contributed by atoms with Gasteiger partial charge in [-0.2, -0.15) is 0 Å². The molecule has 0 saturated carbocycles. The molecule has 0 aliphatic heterocycles. The van der Waals surface area contributed by atoms with Crippen molar-refractivity contribution in [2.75, 3.05) is 12.4 Å². The lowest BCUT2D eigenvalue weighted by Gasteiger charge is -2.09. The molecular weight excluding hydrogens is 282 g/mol. The topological polar surface area (TPSA) is 21.3 Å². The summed E-state index contributed by atoms with van der Waals surface area (Å²) in [6.07, 6.45) is 0. The minimum Gasteiger partial charge on any atom is -0.495 e. The third-order valence-electron chi connectivity index (χ3n) is 3.46. The number of methoxy groups -OCH3 is 1. The van der Waals surface area contributed by atoms with Gasteiger partial charge >= 0.3 is 0 Å². The number of nitrogens with one attached hydrogen (secondary N) is 1. The van der Waals surface area contributed by atoms with Crippen molar-refractivity contribution in [3.63, 3.8) is 0 Å². The predicted molar refractivity (Wildman–Crippen MR) is 89.3 cm³/mol. The van der Waals surface area contributed by atoms with Crippen molar-refractivity contribution in [3.05, 3.63) is 71.2 Å². The summed E-state index contributed by atoms with van der Waals surface area (Å²) in [4.78, 5) is 0. The maximum absolute atomic E-state index is 6.14. The Bertz CT molecular complexity index is 770. The predicted octanol–water partition coefficient (Wildman–Crippen LogP) is 5.11. The first-order chi connectivity index (χ1) is 10.3. The van der Waals surface area contributed by atoms with E-state index in [1.165, 1.54) is 10.8 Å². The molecule has 0 aliphatic rings. The van der Waals surface area contributed by atoms with Gasteiger partial charge in [0.1, 0.15) is 5.75 Å². The Morgan fingerprint density at radius 1 is 0.952 bits per heavy atom. The molecule has 0 aliphatic carbocycles. The Morgan fingerprint density at radius 3 is 2.52 bits per heavy atom. The molecule has 0 atom stereocenters. The highest BCUT2D eigenvalue weighted by atomic mass is 35.5. The van der Waals surface area contributed by atoms with Crippen LogP contribution in [0.5, 0.6) is 5.75 Å². The van der Waals surface area contributed by atoms with Crippen molar-refractivity contribution in [2.45, 2.75) is 6.54 Å². The SMILES string of the molecule is COc1ccc(CNc2ccc3ccccc3c2)cc1Cl. The zero-order valence-corrected chi connectivity index (χ0v) is 12.5. The lowest BCUT2D eigenvalue weighted by molar-refractivity contribution is 0.415.